The van der Waals surface area contributed by atoms with E-state index in [2.05, 4.69) is 10.6 Å². The maximum absolute atomic E-state index is 11.6. The molecule has 1 aliphatic rings. The molecule has 0 unspecified atom stereocenters. The highest BCUT2D eigenvalue weighted by Crippen LogP contribution is 2.24. The molecule has 5 heteroatoms. The molecule has 2 atom stereocenters. The van der Waals surface area contributed by atoms with Gasteiger partial charge in [-0.15, -0.1) is 0 Å². The molecule has 5 nitrogen and oxygen atoms in total. The van der Waals surface area contributed by atoms with Gasteiger partial charge in [-0.1, -0.05) is 6.42 Å². The number of rotatable bonds is 2. The van der Waals surface area contributed by atoms with Crippen LogP contribution in [0.4, 0.5) is 4.79 Å². The lowest BCUT2D eigenvalue weighted by Crippen LogP contribution is -2.43. The van der Waals surface area contributed by atoms with E-state index in [9.17, 15) is 9.59 Å². The summed E-state index contributed by atoms with van der Waals surface area (Å²) in [6.07, 6.45) is 3.06. The predicted octanol–water partition coefficient (Wildman–Crippen LogP) is 1.82. The van der Waals surface area contributed by atoms with E-state index in [1.807, 2.05) is 20.8 Å². The lowest BCUT2D eigenvalue weighted by atomic mass is 9.85. The Morgan fingerprint density at radius 1 is 1.22 bits per heavy atom. The molecule has 18 heavy (non-hydrogen) atoms. The Labute approximate surface area is 109 Å². The molecule has 1 fully saturated rings. The Balaban J connectivity index is 2.43. The third-order valence-electron chi connectivity index (χ3n) is 3.01. The van der Waals surface area contributed by atoms with E-state index >= 15 is 0 Å². The highest BCUT2D eigenvalue weighted by atomic mass is 16.6. The molecule has 0 aromatic heterocycles. The van der Waals surface area contributed by atoms with Crippen LogP contribution in [0.15, 0.2) is 0 Å². The number of carbonyl (C=O) groups is 2. The number of alkyl carbamates (subject to hydrolysis) is 1. The van der Waals surface area contributed by atoms with Crippen molar-refractivity contribution in [1.82, 2.24) is 10.6 Å². The van der Waals surface area contributed by atoms with Crippen molar-refractivity contribution in [3.63, 3.8) is 0 Å². The largest absolute Gasteiger partial charge is 0.444 e. The van der Waals surface area contributed by atoms with E-state index in [0.717, 1.165) is 19.3 Å². The van der Waals surface area contributed by atoms with Crippen LogP contribution in [0, 0.1) is 5.92 Å². The first kappa shape index (κ1) is 14.8. The zero-order chi connectivity index (χ0) is 13.8. The van der Waals surface area contributed by atoms with E-state index in [1.54, 1.807) is 7.05 Å². The minimum absolute atomic E-state index is 0.00341. The minimum atomic E-state index is -0.487. The highest BCUT2D eigenvalue weighted by molar-refractivity contribution is 5.78. The maximum atomic E-state index is 11.6. The quantitative estimate of drug-likeness (QED) is 0.792. The number of hydrogen-bond donors (Lipinski definition) is 2. The summed E-state index contributed by atoms with van der Waals surface area (Å²) in [6.45, 7) is 5.50. The molecule has 0 aliphatic heterocycles. The second-order valence-electron chi connectivity index (χ2n) is 5.82. The normalized spacial score (nSPS) is 24.2. The second kappa shape index (κ2) is 6.07. The average Bonchev–Trinajstić information content (AvgIpc) is 2.25. The van der Waals surface area contributed by atoms with Crippen molar-refractivity contribution in [2.24, 2.45) is 5.92 Å². The molecule has 104 valence electrons. The summed E-state index contributed by atoms with van der Waals surface area (Å²) in [4.78, 5) is 23.2. The van der Waals surface area contributed by atoms with Crippen LogP contribution < -0.4 is 10.6 Å². The standard InChI is InChI=1S/C13H24N2O3/c1-13(2,3)18-12(17)15-10-7-5-6-9(8-10)11(16)14-4/h9-10H,5-8H2,1-4H3,(H,14,16)(H,15,17)/t9-,10+/m0/s1. The molecule has 0 radical (unpaired) electrons. The number of hydrogen-bond acceptors (Lipinski definition) is 3. The van der Waals surface area contributed by atoms with Gasteiger partial charge in [0.05, 0.1) is 0 Å². The van der Waals surface area contributed by atoms with E-state index in [-0.39, 0.29) is 17.9 Å². The lowest BCUT2D eigenvalue weighted by molar-refractivity contribution is -0.125. The lowest BCUT2D eigenvalue weighted by Gasteiger charge is -2.29. The predicted molar refractivity (Wildman–Crippen MR) is 69.2 cm³/mol. The fourth-order valence-corrected chi connectivity index (χ4v) is 2.24. The topological polar surface area (TPSA) is 67.4 Å². The van der Waals surface area contributed by atoms with Gasteiger partial charge in [0.25, 0.3) is 0 Å². The summed E-state index contributed by atoms with van der Waals surface area (Å²) >= 11 is 0. The molecule has 0 aromatic rings. The summed E-state index contributed by atoms with van der Waals surface area (Å²) in [6, 6.07) is 0.0379. The van der Waals surface area contributed by atoms with E-state index in [4.69, 9.17) is 4.74 Å². The summed E-state index contributed by atoms with van der Waals surface area (Å²) in [7, 11) is 1.65. The Bertz CT molecular complexity index is 310. The number of ether oxygens (including phenoxy) is 1. The molecule has 2 amide bonds. The molecular formula is C13H24N2O3. The van der Waals surface area contributed by atoms with Crippen LogP contribution in [0.1, 0.15) is 46.5 Å². The van der Waals surface area contributed by atoms with Gasteiger partial charge in [0, 0.05) is 19.0 Å². The number of nitrogens with one attached hydrogen (secondary N) is 2. The Kier molecular flexibility index (Phi) is 4.99. The van der Waals surface area contributed by atoms with E-state index < -0.39 is 11.7 Å². The molecule has 1 aliphatic carbocycles. The molecule has 0 saturated heterocycles. The fourth-order valence-electron chi connectivity index (χ4n) is 2.24. The third kappa shape index (κ3) is 4.94. The first-order valence-corrected chi connectivity index (χ1v) is 6.53. The van der Waals surface area contributed by atoms with Gasteiger partial charge < -0.3 is 15.4 Å². The van der Waals surface area contributed by atoms with Gasteiger partial charge in [-0.3, -0.25) is 4.79 Å². The molecule has 0 bridgehead atoms. The van der Waals surface area contributed by atoms with Gasteiger partial charge in [-0.25, -0.2) is 4.79 Å². The Morgan fingerprint density at radius 3 is 2.44 bits per heavy atom. The molecule has 1 rings (SSSR count). The fraction of sp³-hybridized carbons (Fsp3) is 0.846. The van der Waals surface area contributed by atoms with Crippen molar-refractivity contribution < 1.29 is 14.3 Å². The third-order valence-corrected chi connectivity index (χ3v) is 3.01. The van der Waals surface area contributed by atoms with Crippen molar-refractivity contribution >= 4 is 12.0 Å². The van der Waals surface area contributed by atoms with Gasteiger partial charge in [-0.2, -0.15) is 0 Å². The van der Waals surface area contributed by atoms with Crippen molar-refractivity contribution in [3.05, 3.63) is 0 Å². The molecule has 1 saturated carbocycles. The van der Waals surface area contributed by atoms with Crippen LogP contribution in [-0.4, -0.2) is 30.7 Å². The maximum Gasteiger partial charge on any atom is 0.407 e. The van der Waals surface area contributed by atoms with Gasteiger partial charge in [0.15, 0.2) is 0 Å². The van der Waals surface area contributed by atoms with Crippen LogP contribution in [0.5, 0.6) is 0 Å². The van der Waals surface area contributed by atoms with Gasteiger partial charge in [0.2, 0.25) is 5.91 Å². The van der Waals surface area contributed by atoms with Crippen molar-refractivity contribution in [1.29, 1.82) is 0 Å². The van der Waals surface area contributed by atoms with E-state index in [0.29, 0.717) is 6.42 Å². The average molecular weight is 256 g/mol. The minimum Gasteiger partial charge on any atom is -0.444 e. The summed E-state index contributed by atoms with van der Waals surface area (Å²) in [5, 5.41) is 5.51. The van der Waals surface area contributed by atoms with Crippen LogP contribution in [-0.2, 0) is 9.53 Å². The van der Waals surface area contributed by atoms with Crippen LogP contribution in [0.3, 0.4) is 0 Å². The van der Waals surface area contributed by atoms with Gasteiger partial charge in [0.1, 0.15) is 5.60 Å². The molecule has 0 heterocycles. The SMILES string of the molecule is CNC(=O)[C@H]1CCC[C@@H](NC(=O)OC(C)(C)C)C1. The van der Waals surface area contributed by atoms with Crippen molar-refractivity contribution in [3.8, 4) is 0 Å². The monoisotopic (exact) mass is 256 g/mol. The van der Waals surface area contributed by atoms with Gasteiger partial charge in [-0.05, 0) is 40.0 Å². The molecule has 2 N–H and O–H groups in total. The second-order valence-corrected chi connectivity index (χ2v) is 5.82. The highest BCUT2D eigenvalue weighted by Gasteiger charge is 2.28. The molecular weight excluding hydrogens is 232 g/mol. The smallest absolute Gasteiger partial charge is 0.407 e. The van der Waals surface area contributed by atoms with Crippen molar-refractivity contribution in [2.45, 2.75) is 58.1 Å². The number of amides is 2. The summed E-state index contributed by atoms with van der Waals surface area (Å²) in [5.74, 6) is 0.0642. The number of carbonyl (C=O) groups excluding carboxylic acids is 2. The van der Waals surface area contributed by atoms with Crippen LogP contribution >= 0.6 is 0 Å². The Hall–Kier alpha value is -1.26. The van der Waals surface area contributed by atoms with Crippen LogP contribution in [0.25, 0.3) is 0 Å². The van der Waals surface area contributed by atoms with Gasteiger partial charge >= 0.3 is 6.09 Å². The molecule has 0 aromatic carbocycles. The zero-order valence-corrected chi connectivity index (χ0v) is 11.7. The zero-order valence-electron chi connectivity index (χ0n) is 11.7. The first-order chi connectivity index (χ1) is 8.31. The van der Waals surface area contributed by atoms with E-state index in [1.165, 1.54) is 0 Å². The summed E-state index contributed by atoms with van der Waals surface area (Å²) in [5.41, 5.74) is -0.487. The van der Waals surface area contributed by atoms with Crippen LogP contribution in [0.2, 0.25) is 0 Å². The van der Waals surface area contributed by atoms with Crippen molar-refractivity contribution in [2.75, 3.05) is 7.05 Å². The molecule has 0 spiro atoms. The Morgan fingerprint density at radius 2 is 1.89 bits per heavy atom. The summed E-state index contributed by atoms with van der Waals surface area (Å²) < 4.78 is 5.21. The first-order valence-electron chi connectivity index (χ1n) is 6.53.